The lowest BCUT2D eigenvalue weighted by Gasteiger charge is -2.40. The van der Waals surface area contributed by atoms with Crippen molar-refractivity contribution >= 4 is 22.6 Å². The number of aromatic nitrogens is 2. The lowest BCUT2D eigenvalue weighted by molar-refractivity contribution is 0.0595. The first-order chi connectivity index (χ1) is 14.1. The zero-order valence-electron chi connectivity index (χ0n) is 16.0. The standard InChI is InChI=1S/C21H21N5O3/c1-29-21(28)20-19(15-5-2-3-6-16(15)22-20)23-24-25-10-13-9-14(12-25)17-7-4-8-18(27)26(17)11-13/h2-8,13-14,22H,9-12H2,1H3/t13?,14-/m1/s1. The Hall–Kier alpha value is -3.42. The van der Waals surface area contributed by atoms with Crippen LogP contribution in [0.5, 0.6) is 0 Å². The summed E-state index contributed by atoms with van der Waals surface area (Å²) in [6, 6.07) is 13.1. The number of H-pyrrole nitrogens is 1. The molecule has 8 heteroatoms. The topological polar surface area (TPSA) is 92.1 Å². The maximum absolute atomic E-state index is 12.2. The quantitative estimate of drug-likeness (QED) is 0.548. The van der Waals surface area contributed by atoms with Crippen LogP contribution in [0.1, 0.15) is 28.5 Å². The van der Waals surface area contributed by atoms with Crippen LogP contribution in [0.25, 0.3) is 10.9 Å². The molecule has 0 amide bonds. The van der Waals surface area contributed by atoms with Crippen molar-refractivity contribution in [3.63, 3.8) is 0 Å². The van der Waals surface area contributed by atoms with Crippen LogP contribution in [-0.4, -0.2) is 40.7 Å². The van der Waals surface area contributed by atoms with E-state index < -0.39 is 5.97 Å². The molecule has 1 aromatic carbocycles. The molecule has 29 heavy (non-hydrogen) atoms. The Kier molecular flexibility index (Phi) is 4.19. The number of benzene rings is 1. The van der Waals surface area contributed by atoms with Gasteiger partial charge < -0.3 is 14.3 Å². The van der Waals surface area contributed by atoms with E-state index in [4.69, 9.17) is 4.74 Å². The van der Waals surface area contributed by atoms with Gasteiger partial charge in [0, 0.05) is 48.2 Å². The third-order valence-corrected chi connectivity index (χ3v) is 5.80. The highest BCUT2D eigenvalue weighted by Crippen LogP contribution is 2.36. The van der Waals surface area contributed by atoms with Crippen LogP contribution >= 0.6 is 0 Å². The van der Waals surface area contributed by atoms with Crippen molar-refractivity contribution in [1.82, 2.24) is 14.6 Å². The average Bonchev–Trinajstić information content (AvgIpc) is 3.11. The van der Waals surface area contributed by atoms with E-state index in [0.717, 1.165) is 29.6 Å². The minimum atomic E-state index is -0.473. The lowest BCUT2D eigenvalue weighted by atomic mass is 9.84. The van der Waals surface area contributed by atoms with E-state index in [1.54, 1.807) is 6.07 Å². The van der Waals surface area contributed by atoms with Gasteiger partial charge in [-0.25, -0.2) is 4.79 Å². The molecule has 2 atom stereocenters. The highest BCUT2D eigenvalue weighted by Gasteiger charge is 2.34. The Morgan fingerprint density at radius 2 is 2.00 bits per heavy atom. The van der Waals surface area contributed by atoms with Gasteiger partial charge in [-0.05, 0) is 24.5 Å². The van der Waals surface area contributed by atoms with E-state index in [-0.39, 0.29) is 11.5 Å². The summed E-state index contributed by atoms with van der Waals surface area (Å²) in [5, 5.41) is 11.7. The number of ether oxygens (including phenoxy) is 1. The first-order valence-corrected chi connectivity index (χ1v) is 9.69. The predicted octanol–water partition coefficient (Wildman–Crippen LogP) is 3.23. The van der Waals surface area contributed by atoms with Crippen LogP contribution in [-0.2, 0) is 11.3 Å². The van der Waals surface area contributed by atoms with Crippen molar-refractivity contribution in [3.05, 3.63) is 64.2 Å². The molecular formula is C21H21N5O3. The molecule has 0 spiro atoms. The Labute approximate surface area is 166 Å². The van der Waals surface area contributed by atoms with E-state index in [1.807, 2.05) is 46.0 Å². The van der Waals surface area contributed by atoms with Crippen LogP contribution in [0.4, 0.5) is 5.69 Å². The number of carbonyl (C=O) groups excluding carboxylic acids is 1. The molecule has 0 radical (unpaired) electrons. The van der Waals surface area contributed by atoms with Gasteiger partial charge in [0.15, 0.2) is 5.69 Å². The second-order valence-electron chi connectivity index (χ2n) is 7.64. The number of fused-ring (bicyclic) bond motifs is 5. The highest BCUT2D eigenvalue weighted by atomic mass is 16.5. The summed E-state index contributed by atoms with van der Waals surface area (Å²) >= 11 is 0. The first-order valence-electron chi connectivity index (χ1n) is 9.69. The summed E-state index contributed by atoms with van der Waals surface area (Å²) < 4.78 is 6.78. The maximum Gasteiger partial charge on any atom is 0.356 e. The molecule has 1 fully saturated rings. The molecule has 5 rings (SSSR count). The minimum Gasteiger partial charge on any atom is -0.464 e. The van der Waals surface area contributed by atoms with Gasteiger partial charge in [-0.3, -0.25) is 9.80 Å². The molecule has 2 bridgehead atoms. The lowest BCUT2D eigenvalue weighted by Crippen LogP contribution is -2.45. The zero-order chi connectivity index (χ0) is 20.0. The van der Waals surface area contributed by atoms with E-state index in [1.165, 1.54) is 7.11 Å². The van der Waals surface area contributed by atoms with Gasteiger partial charge in [0.1, 0.15) is 5.69 Å². The Bertz CT molecular complexity index is 1180. The SMILES string of the molecule is COC(=O)c1[nH]c2ccccc2c1N=NN1CC2C[C@H](C1)c1cccc(=O)n1C2. The molecule has 8 nitrogen and oxygen atoms in total. The van der Waals surface area contributed by atoms with Gasteiger partial charge in [0.2, 0.25) is 0 Å². The number of carbonyl (C=O) groups is 1. The fourth-order valence-electron chi connectivity index (χ4n) is 4.53. The van der Waals surface area contributed by atoms with Crippen LogP contribution < -0.4 is 5.56 Å². The molecular weight excluding hydrogens is 370 g/mol. The van der Waals surface area contributed by atoms with Crippen molar-refractivity contribution in [2.75, 3.05) is 20.2 Å². The van der Waals surface area contributed by atoms with Crippen LogP contribution in [0.3, 0.4) is 0 Å². The zero-order valence-corrected chi connectivity index (χ0v) is 16.0. The predicted molar refractivity (Wildman–Crippen MR) is 107 cm³/mol. The normalized spacial score (nSPS) is 20.8. The summed E-state index contributed by atoms with van der Waals surface area (Å²) in [5.74, 6) is 0.126. The number of hydrogen-bond donors (Lipinski definition) is 1. The Balaban J connectivity index is 1.46. The molecule has 148 valence electrons. The monoisotopic (exact) mass is 391 g/mol. The van der Waals surface area contributed by atoms with Gasteiger partial charge in [-0.15, -0.1) is 5.11 Å². The summed E-state index contributed by atoms with van der Waals surface area (Å²) in [6.07, 6.45) is 1.05. The van der Waals surface area contributed by atoms with Crippen molar-refractivity contribution < 1.29 is 9.53 Å². The summed E-state index contributed by atoms with van der Waals surface area (Å²) in [4.78, 5) is 27.4. The number of nitrogens with zero attached hydrogens (tertiary/aromatic N) is 4. The fourth-order valence-corrected chi connectivity index (χ4v) is 4.53. The van der Waals surface area contributed by atoms with E-state index in [2.05, 4.69) is 15.3 Å². The van der Waals surface area contributed by atoms with Gasteiger partial charge in [-0.2, -0.15) is 0 Å². The Morgan fingerprint density at radius 3 is 2.86 bits per heavy atom. The molecule has 1 saturated heterocycles. The van der Waals surface area contributed by atoms with Crippen molar-refractivity contribution in [1.29, 1.82) is 0 Å². The van der Waals surface area contributed by atoms with Crippen LogP contribution in [0, 0.1) is 5.92 Å². The summed E-state index contributed by atoms with van der Waals surface area (Å²) in [5.41, 5.74) is 2.72. The number of methoxy groups -OCH3 is 1. The second kappa shape index (κ2) is 6.88. The number of hydrogen-bond acceptors (Lipinski definition) is 5. The van der Waals surface area contributed by atoms with Gasteiger partial charge in [-0.1, -0.05) is 29.5 Å². The number of aromatic amines is 1. The molecule has 3 aromatic rings. The summed E-state index contributed by atoms with van der Waals surface area (Å²) in [6.45, 7) is 2.13. The Morgan fingerprint density at radius 1 is 1.14 bits per heavy atom. The molecule has 0 saturated carbocycles. The number of piperidine rings is 1. The van der Waals surface area contributed by atoms with Crippen molar-refractivity contribution in [2.24, 2.45) is 16.3 Å². The van der Waals surface area contributed by atoms with Gasteiger partial charge >= 0.3 is 5.97 Å². The smallest absolute Gasteiger partial charge is 0.356 e. The molecule has 2 aromatic heterocycles. The molecule has 1 N–H and O–H groups in total. The molecule has 0 aliphatic carbocycles. The third-order valence-electron chi connectivity index (χ3n) is 5.80. The van der Waals surface area contributed by atoms with E-state index in [9.17, 15) is 9.59 Å². The van der Waals surface area contributed by atoms with Crippen molar-refractivity contribution in [3.8, 4) is 0 Å². The number of nitrogens with one attached hydrogen (secondary N) is 1. The van der Waals surface area contributed by atoms with Gasteiger partial charge in [0.05, 0.1) is 7.11 Å². The molecule has 4 heterocycles. The van der Waals surface area contributed by atoms with Gasteiger partial charge in [0.25, 0.3) is 5.56 Å². The highest BCUT2D eigenvalue weighted by molar-refractivity contribution is 6.04. The number of pyridine rings is 1. The van der Waals surface area contributed by atoms with E-state index >= 15 is 0 Å². The maximum atomic E-state index is 12.2. The molecule has 2 aliphatic heterocycles. The van der Waals surface area contributed by atoms with Crippen molar-refractivity contribution in [2.45, 2.75) is 18.9 Å². The summed E-state index contributed by atoms with van der Waals surface area (Å²) in [7, 11) is 1.35. The average molecular weight is 391 g/mol. The number of rotatable bonds is 3. The van der Waals surface area contributed by atoms with Crippen LogP contribution in [0.15, 0.2) is 57.6 Å². The van der Waals surface area contributed by atoms with Crippen LogP contribution in [0.2, 0.25) is 0 Å². The fraction of sp³-hybridized carbons (Fsp3) is 0.333. The first kappa shape index (κ1) is 17.7. The molecule has 2 aliphatic rings. The largest absolute Gasteiger partial charge is 0.464 e. The molecule has 1 unspecified atom stereocenters. The number of esters is 1. The third kappa shape index (κ3) is 3.00. The minimum absolute atomic E-state index is 0.0637. The number of para-hydroxylation sites is 1. The van der Waals surface area contributed by atoms with E-state index in [0.29, 0.717) is 30.4 Å². The second-order valence-corrected chi connectivity index (χ2v) is 7.64.